The number of ether oxygens (including phenoxy) is 2. The Balaban J connectivity index is 1.86. The first kappa shape index (κ1) is 14.3. The van der Waals surface area contributed by atoms with Crippen LogP contribution < -0.4 is 9.47 Å². The number of benzene rings is 2. The largest absolute Gasteiger partial charge is 0.489 e. The fourth-order valence-corrected chi connectivity index (χ4v) is 2.27. The first-order chi connectivity index (χ1) is 9.85. The van der Waals surface area contributed by atoms with E-state index in [1.807, 2.05) is 42.7 Å². The molecule has 0 aliphatic carbocycles. The second-order valence-electron chi connectivity index (χ2n) is 3.96. The molecule has 0 spiro atoms. The molecule has 0 unspecified atom stereocenters. The van der Waals surface area contributed by atoms with E-state index in [0.717, 1.165) is 10.6 Å². The van der Waals surface area contributed by atoms with Gasteiger partial charge in [0.05, 0.1) is 5.56 Å². The van der Waals surface area contributed by atoms with Gasteiger partial charge in [0.15, 0.2) is 0 Å². The highest BCUT2D eigenvalue weighted by Crippen LogP contribution is 2.26. The Kier molecular flexibility index (Phi) is 5.33. The fraction of sp³-hybridized carbons (Fsp3) is 0.188. The SMILES string of the molecule is CSc1ccccc1OCCOc1ccccc1C#N. The average Bonchev–Trinajstić information content (AvgIpc) is 2.52. The van der Waals surface area contributed by atoms with E-state index < -0.39 is 0 Å². The summed E-state index contributed by atoms with van der Waals surface area (Å²) in [6.45, 7) is 0.846. The van der Waals surface area contributed by atoms with Crippen LogP contribution in [0.25, 0.3) is 0 Å². The summed E-state index contributed by atoms with van der Waals surface area (Å²) in [5, 5.41) is 8.96. The normalized spacial score (nSPS) is 9.80. The highest BCUT2D eigenvalue weighted by Gasteiger charge is 2.03. The van der Waals surface area contributed by atoms with E-state index >= 15 is 0 Å². The lowest BCUT2D eigenvalue weighted by Gasteiger charge is -2.11. The number of nitrogens with zero attached hydrogens (tertiary/aromatic N) is 1. The maximum atomic E-state index is 8.96. The molecule has 0 aliphatic heterocycles. The van der Waals surface area contributed by atoms with Crippen LogP contribution in [0, 0.1) is 11.3 Å². The molecular formula is C16H15NO2S. The van der Waals surface area contributed by atoms with Crippen LogP contribution in [0.5, 0.6) is 11.5 Å². The van der Waals surface area contributed by atoms with Crippen LogP contribution in [0.2, 0.25) is 0 Å². The van der Waals surface area contributed by atoms with E-state index in [1.54, 1.807) is 23.9 Å². The van der Waals surface area contributed by atoms with Crippen LogP contribution in [0.15, 0.2) is 53.4 Å². The minimum absolute atomic E-state index is 0.404. The van der Waals surface area contributed by atoms with Crippen molar-refractivity contribution in [3.8, 4) is 17.6 Å². The summed E-state index contributed by atoms with van der Waals surface area (Å²) in [5.74, 6) is 1.45. The van der Waals surface area contributed by atoms with Crippen molar-refractivity contribution in [1.29, 1.82) is 5.26 Å². The standard InChI is InChI=1S/C16H15NO2S/c1-20-16-9-5-4-8-15(16)19-11-10-18-14-7-3-2-6-13(14)12-17/h2-9H,10-11H2,1H3. The van der Waals surface area contributed by atoms with Crippen molar-refractivity contribution in [1.82, 2.24) is 0 Å². The third kappa shape index (κ3) is 3.69. The summed E-state index contributed by atoms with van der Waals surface area (Å²) in [6, 6.07) is 17.2. The molecule has 0 fully saturated rings. The minimum atomic E-state index is 0.404. The van der Waals surface area contributed by atoms with Crippen molar-refractivity contribution >= 4 is 11.8 Å². The number of thioether (sulfide) groups is 1. The molecule has 2 aromatic rings. The molecule has 0 amide bonds. The highest BCUT2D eigenvalue weighted by molar-refractivity contribution is 7.98. The van der Waals surface area contributed by atoms with Gasteiger partial charge in [0.2, 0.25) is 0 Å². The molecule has 0 atom stereocenters. The Bertz CT molecular complexity index is 607. The van der Waals surface area contributed by atoms with Gasteiger partial charge in [-0.15, -0.1) is 11.8 Å². The van der Waals surface area contributed by atoms with Gasteiger partial charge < -0.3 is 9.47 Å². The molecule has 4 heteroatoms. The quantitative estimate of drug-likeness (QED) is 0.599. The van der Waals surface area contributed by atoms with Gasteiger partial charge in [-0.3, -0.25) is 0 Å². The van der Waals surface area contributed by atoms with Gasteiger partial charge in [-0.2, -0.15) is 5.26 Å². The maximum Gasteiger partial charge on any atom is 0.137 e. The number of rotatable bonds is 6. The van der Waals surface area contributed by atoms with E-state index in [-0.39, 0.29) is 0 Å². The molecule has 2 aromatic carbocycles. The molecule has 102 valence electrons. The Morgan fingerprint density at radius 2 is 1.55 bits per heavy atom. The zero-order chi connectivity index (χ0) is 14.2. The zero-order valence-corrected chi connectivity index (χ0v) is 12.0. The van der Waals surface area contributed by atoms with Crippen LogP contribution >= 0.6 is 11.8 Å². The predicted octanol–water partition coefficient (Wildman–Crippen LogP) is 3.74. The van der Waals surface area contributed by atoms with Crippen molar-refractivity contribution < 1.29 is 9.47 Å². The molecule has 2 rings (SSSR count). The Hall–Kier alpha value is -2.12. The second kappa shape index (κ2) is 7.46. The van der Waals surface area contributed by atoms with Gasteiger partial charge >= 0.3 is 0 Å². The molecule has 0 saturated heterocycles. The molecule has 20 heavy (non-hydrogen) atoms. The molecule has 0 N–H and O–H groups in total. The van der Waals surface area contributed by atoms with Gasteiger partial charge in [0.1, 0.15) is 30.8 Å². The average molecular weight is 285 g/mol. The van der Waals surface area contributed by atoms with Crippen molar-refractivity contribution in [2.45, 2.75) is 4.90 Å². The molecule has 0 radical (unpaired) electrons. The van der Waals surface area contributed by atoms with Crippen molar-refractivity contribution in [2.24, 2.45) is 0 Å². The summed E-state index contributed by atoms with van der Waals surface area (Å²) in [5.41, 5.74) is 0.539. The van der Waals surface area contributed by atoms with E-state index in [2.05, 4.69) is 6.07 Å². The van der Waals surface area contributed by atoms with E-state index in [0.29, 0.717) is 24.5 Å². The van der Waals surface area contributed by atoms with Crippen molar-refractivity contribution in [3.05, 3.63) is 54.1 Å². The van der Waals surface area contributed by atoms with E-state index in [1.165, 1.54) is 0 Å². The van der Waals surface area contributed by atoms with E-state index in [4.69, 9.17) is 14.7 Å². The molecule has 0 bridgehead atoms. The minimum Gasteiger partial charge on any atom is -0.489 e. The van der Waals surface area contributed by atoms with Crippen LogP contribution in [-0.2, 0) is 0 Å². The van der Waals surface area contributed by atoms with Gasteiger partial charge in [-0.25, -0.2) is 0 Å². The van der Waals surface area contributed by atoms with Crippen LogP contribution in [0.1, 0.15) is 5.56 Å². The third-order valence-corrected chi connectivity index (χ3v) is 3.45. The monoisotopic (exact) mass is 285 g/mol. The van der Waals surface area contributed by atoms with Gasteiger partial charge in [0, 0.05) is 4.90 Å². The van der Waals surface area contributed by atoms with Crippen LogP contribution in [-0.4, -0.2) is 19.5 Å². The first-order valence-corrected chi connectivity index (χ1v) is 7.45. The summed E-state index contributed by atoms with van der Waals surface area (Å²) < 4.78 is 11.3. The topological polar surface area (TPSA) is 42.2 Å². The van der Waals surface area contributed by atoms with E-state index in [9.17, 15) is 0 Å². The summed E-state index contributed by atoms with van der Waals surface area (Å²) in [7, 11) is 0. The number of para-hydroxylation sites is 2. The zero-order valence-electron chi connectivity index (χ0n) is 11.2. The Labute approximate surface area is 123 Å². The van der Waals surface area contributed by atoms with Gasteiger partial charge in [-0.1, -0.05) is 24.3 Å². The molecule has 0 heterocycles. The van der Waals surface area contributed by atoms with Gasteiger partial charge in [-0.05, 0) is 30.5 Å². The summed E-state index contributed by atoms with van der Waals surface area (Å²) in [4.78, 5) is 1.10. The lowest BCUT2D eigenvalue weighted by atomic mass is 10.2. The van der Waals surface area contributed by atoms with Crippen LogP contribution in [0.4, 0.5) is 0 Å². The number of nitriles is 1. The van der Waals surface area contributed by atoms with Crippen LogP contribution in [0.3, 0.4) is 0 Å². The number of hydrogen-bond donors (Lipinski definition) is 0. The van der Waals surface area contributed by atoms with Crippen molar-refractivity contribution in [2.75, 3.05) is 19.5 Å². The van der Waals surface area contributed by atoms with Gasteiger partial charge in [0.25, 0.3) is 0 Å². The Morgan fingerprint density at radius 1 is 0.950 bits per heavy atom. The summed E-state index contributed by atoms with van der Waals surface area (Å²) in [6.07, 6.45) is 2.02. The highest BCUT2D eigenvalue weighted by atomic mass is 32.2. The smallest absolute Gasteiger partial charge is 0.137 e. The molecular weight excluding hydrogens is 270 g/mol. The molecule has 0 saturated carbocycles. The maximum absolute atomic E-state index is 8.96. The molecule has 3 nitrogen and oxygen atoms in total. The van der Waals surface area contributed by atoms with Crippen molar-refractivity contribution in [3.63, 3.8) is 0 Å². The molecule has 0 aliphatic rings. The first-order valence-electron chi connectivity index (χ1n) is 6.23. The summed E-state index contributed by atoms with van der Waals surface area (Å²) >= 11 is 1.65. The Morgan fingerprint density at radius 3 is 2.25 bits per heavy atom. The third-order valence-electron chi connectivity index (χ3n) is 2.68. The number of hydrogen-bond acceptors (Lipinski definition) is 4. The lowest BCUT2D eigenvalue weighted by Crippen LogP contribution is -2.10. The predicted molar refractivity (Wildman–Crippen MR) is 80.4 cm³/mol. The lowest BCUT2D eigenvalue weighted by molar-refractivity contribution is 0.214. The fourth-order valence-electron chi connectivity index (χ4n) is 1.73. The second-order valence-corrected chi connectivity index (χ2v) is 4.80. The molecule has 0 aromatic heterocycles.